The molecule has 2 fully saturated rings. The van der Waals surface area contributed by atoms with Crippen LogP contribution in [0.1, 0.15) is 44.6 Å². The predicted molar refractivity (Wildman–Crippen MR) is 75.3 cm³/mol. The summed E-state index contributed by atoms with van der Waals surface area (Å²) in [6.45, 7) is 3.37. The summed E-state index contributed by atoms with van der Waals surface area (Å²) in [5.41, 5.74) is -0.898. The maximum atomic E-state index is 12.3. The van der Waals surface area contributed by atoms with Crippen molar-refractivity contribution in [2.45, 2.75) is 44.6 Å². The van der Waals surface area contributed by atoms with E-state index in [0.29, 0.717) is 19.3 Å². The van der Waals surface area contributed by atoms with Crippen molar-refractivity contribution in [1.29, 1.82) is 0 Å². The number of aliphatic hydroxyl groups is 1. The molecular formula is C17H20O3. The second-order valence-electron chi connectivity index (χ2n) is 6.49. The number of ketones is 2. The maximum Gasteiger partial charge on any atom is 0.141 e. The van der Waals surface area contributed by atoms with Crippen LogP contribution in [0.5, 0.6) is 0 Å². The molecule has 1 N–H and O–H groups in total. The van der Waals surface area contributed by atoms with Crippen molar-refractivity contribution in [2.75, 3.05) is 0 Å². The number of carbonyl (C=O) groups is 2. The Bertz CT molecular complexity index is 565. The van der Waals surface area contributed by atoms with Gasteiger partial charge in [-0.25, -0.2) is 0 Å². The molecule has 1 aromatic carbocycles. The highest BCUT2D eigenvalue weighted by molar-refractivity contribution is 5.93. The van der Waals surface area contributed by atoms with Gasteiger partial charge in [-0.15, -0.1) is 0 Å². The van der Waals surface area contributed by atoms with Crippen LogP contribution in [-0.4, -0.2) is 22.3 Å². The van der Waals surface area contributed by atoms with E-state index in [1.807, 2.05) is 37.3 Å². The van der Waals surface area contributed by atoms with E-state index >= 15 is 0 Å². The Balaban J connectivity index is 2.10. The Morgan fingerprint density at radius 2 is 1.95 bits per heavy atom. The molecular weight excluding hydrogens is 252 g/mol. The van der Waals surface area contributed by atoms with E-state index in [1.165, 1.54) is 6.92 Å². The molecule has 0 saturated heterocycles. The highest BCUT2D eigenvalue weighted by Gasteiger charge is 2.68. The van der Waals surface area contributed by atoms with Gasteiger partial charge in [0, 0.05) is 6.42 Å². The monoisotopic (exact) mass is 272 g/mol. The Morgan fingerprint density at radius 3 is 2.55 bits per heavy atom. The van der Waals surface area contributed by atoms with Crippen LogP contribution in [0.2, 0.25) is 0 Å². The number of fused-ring (bicyclic) bond motifs is 1. The fraction of sp³-hybridized carbons (Fsp3) is 0.529. The second kappa shape index (κ2) is 4.26. The zero-order chi connectivity index (χ0) is 14.5. The molecule has 0 aromatic heterocycles. The summed E-state index contributed by atoms with van der Waals surface area (Å²) in [6, 6.07) is 9.78. The van der Waals surface area contributed by atoms with Crippen molar-refractivity contribution >= 4 is 11.6 Å². The van der Waals surface area contributed by atoms with Crippen LogP contribution in [0.3, 0.4) is 0 Å². The van der Waals surface area contributed by atoms with E-state index in [2.05, 4.69) is 0 Å². The van der Waals surface area contributed by atoms with Crippen molar-refractivity contribution < 1.29 is 14.7 Å². The molecule has 0 radical (unpaired) electrons. The van der Waals surface area contributed by atoms with E-state index in [1.54, 1.807) is 0 Å². The van der Waals surface area contributed by atoms with Crippen LogP contribution in [0.25, 0.3) is 0 Å². The molecule has 3 rings (SSSR count). The first-order valence-corrected chi connectivity index (χ1v) is 7.21. The van der Waals surface area contributed by atoms with Gasteiger partial charge in [-0.2, -0.15) is 0 Å². The lowest BCUT2D eigenvalue weighted by Gasteiger charge is -2.35. The second-order valence-corrected chi connectivity index (χ2v) is 6.49. The van der Waals surface area contributed by atoms with Crippen molar-refractivity contribution in [3.63, 3.8) is 0 Å². The first-order valence-electron chi connectivity index (χ1n) is 7.21. The summed E-state index contributed by atoms with van der Waals surface area (Å²) in [7, 11) is 0. The van der Waals surface area contributed by atoms with Crippen LogP contribution < -0.4 is 0 Å². The first-order chi connectivity index (χ1) is 9.40. The molecule has 0 heterocycles. The molecule has 0 aliphatic heterocycles. The maximum absolute atomic E-state index is 12.3. The predicted octanol–water partition coefficient (Wildman–Crippen LogP) is 2.48. The summed E-state index contributed by atoms with van der Waals surface area (Å²) in [5.74, 6) is -0.446. The van der Waals surface area contributed by atoms with E-state index in [9.17, 15) is 14.7 Å². The van der Waals surface area contributed by atoms with E-state index in [4.69, 9.17) is 0 Å². The number of hydrogen-bond acceptors (Lipinski definition) is 3. The molecule has 2 aliphatic rings. The molecule has 1 aromatic rings. The number of carbonyl (C=O) groups excluding carboxylic acids is 2. The molecule has 0 bridgehead atoms. The molecule has 3 nitrogen and oxygen atoms in total. The average molecular weight is 272 g/mol. The number of Topliss-reactive ketones (excluding diaryl/α,β-unsaturated/α-hetero) is 2. The van der Waals surface area contributed by atoms with Crippen LogP contribution in [-0.2, 0) is 9.59 Å². The quantitative estimate of drug-likeness (QED) is 0.900. The standard InChI is InChI=1S/C17H20O3/c1-11(18)15-13(12-6-4-3-5-7-12)10-16(2)14(19)8-9-17(15,16)20/h3-7,13,15,20H,8-10H2,1-2H3/t13-,15-,16+,17-/m1/s1. The van der Waals surface area contributed by atoms with Crippen molar-refractivity contribution in [1.82, 2.24) is 0 Å². The lowest BCUT2D eigenvalue weighted by molar-refractivity contribution is -0.140. The average Bonchev–Trinajstić information content (AvgIpc) is 2.79. The summed E-state index contributed by atoms with van der Waals surface area (Å²) in [4.78, 5) is 24.4. The molecule has 2 saturated carbocycles. The van der Waals surface area contributed by atoms with Crippen molar-refractivity contribution in [3.05, 3.63) is 35.9 Å². The normalized spacial score (nSPS) is 39.9. The third-order valence-corrected chi connectivity index (χ3v) is 5.51. The summed E-state index contributed by atoms with van der Waals surface area (Å²) >= 11 is 0. The number of rotatable bonds is 2. The van der Waals surface area contributed by atoms with Gasteiger partial charge >= 0.3 is 0 Å². The lowest BCUT2D eigenvalue weighted by Crippen LogP contribution is -2.47. The Labute approximate surface area is 119 Å². The van der Waals surface area contributed by atoms with Gasteiger partial charge in [-0.1, -0.05) is 30.3 Å². The molecule has 0 spiro atoms. The minimum absolute atomic E-state index is 0.0141. The van der Waals surface area contributed by atoms with Gasteiger partial charge in [0.1, 0.15) is 11.6 Å². The third kappa shape index (κ3) is 1.56. The molecule has 3 heteroatoms. The van der Waals surface area contributed by atoms with Crippen LogP contribution in [0, 0.1) is 11.3 Å². The van der Waals surface area contributed by atoms with Crippen molar-refractivity contribution in [3.8, 4) is 0 Å². The lowest BCUT2D eigenvalue weighted by atomic mass is 9.73. The van der Waals surface area contributed by atoms with E-state index < -0.39 is 16.9 Å². The first kappa shape index (κ1) is 13.5. The van der Waals surface area contributed by atoms with Gasteiger partial charge in [0.15, 0.2) is 0 Å². The minimum atomic E-state index is -1.17. The fourth-order valence-corrected chi connectivity index (χ4v) is 4.41. The smallest absolute Gasteiger partial charge is 0.141 e. The highest BCUT2D eigenvalue weighted by atomic mass is 16.3. The largest absolute Gasteiger partial charge is 0.388 e. The number of benzene rings is 1. The molecule has 2 aliphatic carbocycles. The molecule has 20 heavy (non-hydrogen) atoms. The Hall–Kier alpha value is -1.48. The Kier molecular flexibility index (Phi) is 2.87. The van der Waals surface area contributed by atoms with Gasteiger partial charge in [0.05, 0.1) is 16.9 Å². The highest BCUT2D eigenvalue weighted by Crippen LogP contribution is 2.62. The summed E-state index contributed by atoms with van der Waals surface area (Å²) in [6.07, 6.45) is 1.37. The van der Waals surface area contributed by atoms with Gasteiger partial charge in [-0.05, 0) is 38.2 Å². The minimum Gasteiger partial charge on any atom is -0.388 e. The number of hydrogen-bond donors (Lipinski definition) is 1. The van der Waals surface area contributed by atoms with Gasteiger partial charge in [0.2, 0.25) is 0 Å². The topological polar surface area (TPSA) is 54.4 Å². The summed E-state index contributed by atoms with van der Waals surface area (Å²) < 4.78 is 0. The van der Waals surface area contributed by atoms with E-state index in [0.717, 1.165) is 5.56 Å². The molecule has 106 valence electrons. The van der Waals surface area contributed by atoms with Gasteiger partial charge < -0.3 is 5.11 Å². The fourth-order valence-electron chi connectivity index (χ4n) is 4.41. The van der Waals surface area contributed by atoms with E-state index in [-0.39, 0.29) is 17.5 Å². The molecule has 0 unspecified atom stereocenters. The van der Waals surface area contributed by atoms with Gasteiger partial charge in [0.25, 0.3) is 0 Å². The third-order valence-electron chi connectivity index (χ3n) is 5.51. The molecule has 0 amide bonds. The van der Waals surface area contributed by atoms with Crippen LogP contribution in [0.4, 0.5) is 0 Å². The summed E-state index contributed by atoms with van der Waals surface area (Å²) in [5, 5.41) is 11.1. The van der Waals surface area contributed by atoms with Crippen LogP contribution >= 0.6 is 0 Å². The zero-order valence-electron chi connectivity index (χ0n) is 11.9. The molecule has 4 atom stereocenters. The van der Waals surface area contributed by atoms with Crippen molar-refractivity contribution in [2.24, 2.45) is 11.3 Å². The zero-order valence-corrected chi connectivity index (χ0v) is 11.9. The van der Waals surface area contributed by atoms with Gasteiger partial charge in [-0.3, -0.25) is 9.59 Å². The Morgan fingerprint density at radius 1 is 1.30 bits per heavy atom. The van der Waals surface area contributed by atoms with Crippen LogP contribution in [0.15, 0.2) is 30.3 Å². The SMILES string of the molecule is CC(=O)[C@@H]1[C@@H](c2ccccc2)C[C@@]2(C)C(=O)CC[C@@]12O.